The zero-order chi connectivity index (χ0) is 20.0. The molecule has 0 aromatic heterocycles. The highest BCUT2D eigenvalue weighted by molar-refractivity contribution is 5.79. The Morgan fingerprint density at radius 3 is 2.34 bits per heavy atom. The van der Waals surface area contributed by atoms with Crippen molar-refractivity contribution in [3.63, 3.8) is 0 Å². The third-order valence-electron chi connectivity index (χ3n) is 6.24. The largest absolute Gasteiger partial charge is 0.508 e. The van der Waals surface area contributed by atoms with Crippen LogP contribution in [0.5, 0.6) is 5.75 Å². The smallest absolute Gasteiger partial charge is 0.410 e. The van der Waals surface area contributed by atoms with Crippen LogP contribution in [0.4, 0.5) is 4.79 Å². The van der Waals surface area contributed by atoms with Gasteiger partial charge in [-0.1, -0.05) is 54.6 Å². The third kappa shape index (κ3) is 2.96. The van der Waals surface area contributed by atoms with E-state index in [2.05, 4.69) is 36.4 Å². The number of aromatic hydroxyl groups is 1. The van der Waals surface area contributed by atoms with E-state index in [0.717, 1.165) is 17.5 Å². The Morgan fingerprint density at radius 2 is 1.66 bits per heavy atom. The normalized spacial score (nSPS) is 17.4. The lowest BCUT2D eigenvalue weighted by molar-refractivity contribution is 0.0837. The summed E-state index contributed by atoms with van der Waals surface area (Å²) >= 11 is 0. The average Bonchev–Trinajstić information content (AvgIpc) is 3.06. The standard InChI is InChI=1S/C25H23NO3/c1-16-19-11-10-18(27)14-17(19)12-13-26(16)25(28)29-15-24-22-8-4-2-6-20(22)21-7-3-5-9-23(21)24/h2-11,14,16,24,27H,12-13,15H2,1H3. The fourth-order valence-electron chi connectivity index (χ4n) is 4.74. The van der Waals surface area contributed by atoms with Crippen LogP contribution in [-0.2, 0) is 11.2 Å². The van der Waals surface area contributed by atoms with Gasteiger partial charge in [0.25, 0.3) is 0 Å². The molecule has 4 heteroatoms. The Kier molecular flexibility index (Phi) is 4.27. The summed E-state index contributed by atoms with van der Waals surface area (Å²) in [6, 6.07) is 22.0. The molecule has 3 aromatic rings. The van der Waals surface area contributed by atoms with Crippen LogP contribution in [0.3, 0.4) is 0 Å². The molecule has 3 aromatic carbocycles. The summed E-state index contributed by atoms with van der Waals surface area (Å²) in [6.45, 7) is 2.93. The van der Waals surface area contributed by atoms with Crippen molar-refractivity contribution < 1.29 is 14.6 Å². The van der Waals surface area contributed by atoms with Crippen LogP contribution in [0.15, 0.2) is 66.7 Å². The minimum absolute atomic E-state index is 0.0654. The van der Waals surface area contributed by atoms with E-state index in [0.29, 0.717) is 13.2 Å². The summed E-state index contributed by atoms with van der Waals surface area (Å²) in [5.74, 6) is 0.334. The molecule has 0 saturated heterocycles. The van der Waals surface area contributed by atoms with E-state index in [1.165, 1.54) is 22.3 Å². The second-order valence-corrected chi connectivity index (χ2v) is 7.81. The number of benzene rings is 3. The zero-order valence-electron chi connectivity index (χ0n) is 16.3. The van der Waals surface area contributed by atoms with Crippen LogP contribution in [0, 0.1) is 0 Å². The van der Waals surface area contributed by atoms with Gasteiger partial charge in [-0.25, -0.2) is 4.79 Å². The van der Waals surface area contributed by atoms with Gasteiger partial charge in [0.2, 0.25) is 0 Å². The molecule has 1 unspecified atom stereocenters. The Morgan fingerprint density at radius 1 is 1.00 bits per heavy atom. The topological polar surface area (TPSA) is 49.8 Å². The average molecular weight is 385 g/mol. The lowest BCUT2D eigenvalue weighted by Crippen LogP contribution is -2.39. The number of rotatable bonds is 2. The molecule has 0 spiro atoms. The maximum atomic E-state index is 12.9. The molecule has 1 heterocycles. The van der Waals surface area contributed by atoms with Gasteiger partial charge in [0.1, 0.15) is 12.4 Å². The van der Waals surface area contributed by atoms with Crippen LogP contribution < -0.4 is 0 Å². The highest BCUT2D eigenvalue weighted by Crippen LogP contribution is 2.44. The number of phenolic OH excluding ortho intramolecular Hbond substituents is 1. The Bertz CT molecular complexity index is 1050. The van der Waals surface area contributed by atoms with Crippen LogP contribution in [0.25, 0.3) is 11.1 Å². The first-order valence-electron chi connectivity index (χ1n) is 10.1. The highest BCUT2D eigenvalue weighted by atomic mass is 16.6. The second-order valence-electron chi connectivity index (χ2n) is 7.81. The third-order valence-corrected chi connectivity index (χ3v) is 6.24. The monoisotopic (exact) mass is 385 g/mol. The summed E-state index contributed by atoms with van der Waals surface area (Å²) in [6.07, 6.45) is 0.441. The van der Waals surface area contributed by atoms with Crippen LogP contribution in [-0.4, -0.2) is 29.3 Å². The van der Waals surface area contributed by atoms with E-state index in [9.17, 15) is 9.90 Å². The van der Waals surface area contributed by atoms with Crippen molar-refractivity contribution in [1.82, 2.24) is 4.90 Å². The van der Waals surface area contributed by atoms with Crippen LogP contribution in [0.2, 0.25) is 0 Å². The fraction of sp³-hybridized carbons (Fsp3) is 0.240. The molecule has 4 nitrogen and oxygen atoms in total. The first-order chi connectivity index (χ1) is 14.1. The minimum atomic E-state index is -0.280. The first kappa shape index (κ1) is 17.8. The number of ether oxygens (including phenoxy) is 1. The van der Waals surface area contributed by atoms with Crippen LogP contribution in [0.1, 0.15) is 41.1 Å². The van der Waals surface area contributed by atoms with Gasteiger partial charge in [-0.3, -0.25) is 0 Å². The number of phenols is 1. The molecule has 5 rings (SSSR count). The van der Waals surface area contributed by atoms with Gasteiger partial charge in [-0.05, 0) is 58.9 Å². The maximum absolute atomic E-state index is 12.9. The molecule has 1 aliphatic carbocycles. The SMILES string of the molecule is CC1c2ccc(O)cc2CCN1C(=O)OCC1c2ccccc2-c2ccccc21. The van der Waals surface area contributed by atoms with Crippen LogP contribution >= 0.6 is 0 Å². The van der Waals surface area contributed by atoms with E-state index in [-0.39, 0.29) is 23.8 Å². The quantitative estimate of drug-likeness (QED) is 0.655. The Hall–Kier alpha value is -3.27. The van der Waals surface area contributed by atoms with Crippen molar-refractivity contribution in [3.8, 4) is 16.9 Å². The minimum Gasteiger partial charge on any atom is -0.508 e. The molecule has 146 valence electrons. The number of hydrogen-bond acceptors (Lipinski definition) is 3. The van der Waals surface area contributed by atoms with Gasteiger partial charge in [0.15, 0.2) is 0 Å². The number of hydrogen-bond donors (Lipinski definition) is 1. The van der Waals surface area contributed by atoms with Crippen molar-refractivity contribution in [2.45, 2.75) is 25.3 Å². The summed E-state index contributed by atoms with van der Waals surface area (Å²) in [7, 11) is 0. The zero-order valence-corrected chi connectivity index (χ0v) is 16.3. The van der Waals surface area contributed by atoms with Crippen molar-refractivity contribution in [3.05, 3.63) is 89.0 Å². The lowest BCUT2D eigenvalue weighted by atomic mass is 9.93. The molecule has 1 N–H and O–H groups in total. The van der Waals surface area contributed by atoms with Crippen molar-refractivity contribution in [1.29, 1.82) is 0 Å². The first-order valence-corrected chi connectivity index (χ1v) is 10.1. The van der Waals surface area contributed by atoms with Crippen molar-refractivity contribution in [2.75, 3.05) is 13.2 Å². The molecule has 29 heavy (non-hydrogen) atoms. The number of carbonyl (C=O) groups excluding carboxylic acids is 1. The van der Waals surface area contributed by atoms with E-state index >= 15 is 0 Å². The number of amides is 1. The van der Waals surface area contributed by atoms with Gasteiger partial charge >= 0.3 is 6.09 Å². The Balaban J connectivity index is 1.34. The molecule has 1 atom stereocenters. The van der Waals surface area contributed by atoms with Gasteiger partial charge in [-0.15, -0.1) is 0 Å². The second kappa shape index (κ2) is 6.96. The summed E-state index contributed by atoms with van der Waals surface area (Å²) in [5.41, 5.74) is 7.05. The van der Waals surface area contributed by atoms with Crippen molar-refractivity contribution in [2.24, 2.45) is 0 Å². The maximum Gasteiger partial charge on any atom is 0.410 e. The molecule has 0 saturated carbocycles. The summed E-state index contributed by atoms with van der Waals surface area (Å²) in [4.78, 5) is 14.7. The predicted octanol–water partition coefficient (Wildman–Crippen LogP) is 5.26. The summed E-state index contributed by atoms with van der Waals surface area (Å²) < 4.78 is 5.83. The molecule has 0 bridgehead atoms. The van der Waals surface area contributed by atoms with E-state index < -0.39 is 0 Å². The molecule has 0 fully saturated rings. The molecular formula is C25H23NO3. The number of fused-ring (bicyclic) bond motifs is 4. The van der Waals surface area contributed by atoms with E-state index in [4.69, 9.17) is 4.74 Å². The molecule has 2 aliphatic rings. The van der Waals surface area contributed by atoms with Crippen molar-refractivity contribution >= 4 is 6.09 Å². The van der Waals surface area contributed by atoms with E-state index in [1.807, 2.05) is 25.1 Å². The lowest BCUT2D eigenvalue weighted by Gasteiger charge is -2.34. The van der Waals surface area contributed by atoms with Gasteiger partial charge in [-0.2, -0.15) is 0 Å². The fourth-order valence-corrected chi connectivity index (χ4v) is 4.74. The summed E-state index contributed by atoms with van der Waals surface area (Å²) in [5, 5.41) is 9.71. The van der Waals surface area contributed by atoms with Gasteiger partial charge < -0.3 is 14.7 Å². The number of nitrogens with zero attached hydrogens (tertiary/aromatic N) is 1. The molecule has 0 radical (unpaired) electrons. The van der Waals surface area contributed by atoms with E-state index in [1.54, 1.807) is 17.0 Å². The molecular weight excluding hydrogens is 362 g/mol. The molecule has 1 aliphatic heterocycles. The number of carbonyl (C=O) groups is 1. The highest BCUT2D eigenvalue weighted by Gasteiger charge is 2.32. The van der Waals surface area contributed by atoms with Gasteiger partial charge in [0.05, 0.1) is 6.04 Å². The predicted molar refractivity (Wildman–Crippen MR) is 112 cm³/mol. The Labute approximate surface area is 170 Å². The molecule has 1 amide bonds. The van der Waals surface area contributed by atoms with Gasteiger partial charge in [0, 0.05) is 12.5 Å².